The van der Waals surface area contributed by atoms with Crippen LogP contribution in [0.3, 0.4) is 0 Å². The van der Waals surface area contributed by atoms with Crippen LogP contribution in [-0.2, 0) is 17.9 Å². The number of carbonyl (C=O) groups is 1. The van der Waals surface area contributed by atoms with Crippen molar-refractivity contribution in [3.8, 4) is 10.7 Å². The van der Waals surface area contributed by atoms with Gasteiger partial charge in [-0.05, 0) is 29.9 Å². The molecule has 0 unspecified atom stereocenters. The summed E-state index contributed by atoms with van der Waals surface area (Å²) in [5.41, 5.74) is 1.08. The van der Waals surface area contributed by atoms with Crippen molar-refractivity contribution in [3.63, 3.8) is 0 Å². The summed E-state index contributed by atoms with van der Waals surface area (Å²) >= 11 is 1.45. The van der Waals surface area contributed by atoms with E-state index in [1.165, 1.54) is 15.9 Å². The van der Waals surface area contributed by atoms with Crippen LogP contribution in [0, 0.1) is 0 Å². The molecule has 2 aromatic heterocycles. The average Bonchev–Trinajstić information content (AvgIpc) is 3.20. The number of hydrogen-bond acceptors (Lipinski definition) is 5. The van der Waals surface area contributed by atoms with Gasteiger partial charge in [0, 0.05) is 12.6 Å². The maximum absolute atomic E-state index is 12.9. The lowest BCUT2D eigenvalue weighted by molar-refractivity contribution is -0.133. The Morgan fingerprint density at radius 3 is 2.72 bits per heavy atom. The van der Waals surface area contributed by atoms with Crippen molar-refractivity contribution in [1.29, 1.82) is 0 Å². The highest BCUT2D eigenvalue weighted by Crippen LogP contribution is 2.29. The molecule has 1 saturated carbocycles. The summed E-state index contributed by atoms with van der Waals surface area (Å²) in [5, 5.41) is 5.73. The molecule has 1 aliphatic carbocycles. The third-order valence-electron chi connectivity index (χ3n) is 4.22. The molecule has 0 atom stereocenters. The molecule has 7 heteroatoms. The number of amides is 1. The van der Waals surface area contributed by atoms with Crippen LogP contribution in [0.2, 0.25) is 0 Å². The summed E-state index contributed by atoms with van der Waals surface area (Å²) in [5.74, 6) is -0.287. The second-order valence-corrected chi connectivity index (χ2v) is 7.02. The van der Waals surface area contributed by atoms with Gasteiger partial charge in [-0.1, -0.05) is 41.6 Å². The number of benzene rings is 1. The molecular formula is C18H17N3O3S. The van der Waals surface area contributed by atoms with Gasteiger partial charge in [0.15, 0.2) is 5.82 Å². The third kappa shape index (κ3) is 3.41. The average molecular weight is 355 g/mol. The van der Waals surface area contributed by atoms with E-state index in [9.17, 15) is 9.59 Å². The molecule has 0 N–H and O–H groups in total. The predicted molar refractivity (Wildman–Crippen MR) is 94.1 cm³/mol. The Kier molecular flexibility index (Phi) is 4.23. The van der Waals surface area contributed by atoms with Gasteiger partial charge in [0.25, 0.3) is 0 Å². The van der Waals surface area contributed by atoms with Crippen LogP contribution in [0.5, 0.6) is 0 Å². The largest absolute Gasteiger partial charge is 0.442 e. The summed E-state index contributed by atoms with van der Waals surface area (Å²) in [6.07, 6.45) is 2.02. The first-order chi connectivity index (χ1) is 12.2. The van der Waals surface area contributed by atoms with E-state index in [4.69, 9.17) is 4.52 Å². The Labute approximate surface area is 148 Å². The number of hydrogen-bond donors (Lipinski definition) is 0. The Morgan fingerprint density at radius 2 is 2.04 bits per heavy atom. The van der Waals surface area contributed by atoms with E-state index >= 15 is 0 Å². The van der Waals surface area contributed by atoms with Crippen LogP contribution < -0.4 is 5.76 Å². The second kappa shape index (κ2) is 6.68. The zero-order valence-corrected chi connectivity index (χ0v) is 14.3. The van der Waals surface area contributed by atoms with Crippen molar-refractivity contribution >= 4 is 17.2 Å². The Morgan fingerprint density at radius 1 is 1.24 bits per heavy atom. The Bertz CT molecular complexity index is 911. The standard InChI is InChI=1S/C18H17N3O3S/c22-16(20(14-8-9-14)11-13-5-2-1-3-6-13)12-21-17(19-24-18(21)23)15-7-4-10-25-15/h1-7,10,14H,8-9,11-12H2. The smallest absolute Gasteiger partial charge is 0.334 e. The molecule has 4 rings (SSSR count). The molecule has 0 saturated heterocycles. The number of carbonyl (C=O) groups excluding carboxylic acids is 1. The van der Waals surface area contributed by atoms with E-state index < -0.39 is 5.76 Å². The monoisotopic (exact) mass is 355 g/mol. The molecule has 1 amide bonds. The predicted octanol–water partition coefficient (Wildman–Crippen LogP) is 2.76. The van der Waals surface area contributed by atoms with Crippen LogP contribution in [0.1, 0.15) is 18.4 Å². The Balaban J connectivity index is 1.56. The van der Waals surface area contributed by atoms with E-state index in [1.807, 2.05) is 52.7 Å². The van der Waals surface area contributed by atoms with Gasteiger partial charge in [-0.25, -0.2) is 9.36 Å². The maximum Gasteiger partial charge on any atom is 0.442 e. The van der Waals surface area contributed by atoms with Crippen LogP contribution in [0.4, 0.5) is 0 Å². The normalized spacial score (nSPS) is 13.8. The molecule has 2 heterocycles. The van der Waals surface area contributed by atoms with E-state index in [-0.39, 0.29) is 18.5 Å². The highest BCUT2D eigenvalue weighted by atomic mass is 32.1. The maximum atomic E-state index is 12.9. The number of nitrogens with zero attached hydrogens (tertiary/aromatic N) is 3. The summed E-state index contributed by atoms with van der Waals surface area (Å²) in [7, 11) is 0. The molecule has 25 heavy (non-hydrogen) atoms. The van der Waals surface area contributed by atoms with E-state index in [0.29, 0.717) is 12.4 Å². The number of thiophene rings is 1. The first-order valence-electron chi connectivity index (χ1n) is 8.16. The number of rotatable bonds is 6. The zero-order chi connectivity index (χ0) is 17.2. The van der Waals surface area contributed by atoms with E-state index in [2.05, 4.69) is 5.16 Å². The quantitative estimate of drug-likeness (QED) is 0.682. The molecular weight excluding hydrogens is 338 g/mol. The van der Waals surface area contributed by atoms with Crippen molar-refractivity contribution in [2.24, 2.45) is 0 Å². The van der Waals surface area contributed by atoms with Crippen LogP contribution >= 0.6 is 11.3 Å². The molecule has 0 spiro atoms. The fourth-order valence-electron chi connectivity index (χ4n) is 2.80. The molecule has 0 aliphatic heterocycles. The van der Waals surface area contributed by atoms with Gasteiger partial charge in [-0.15, -0.1) is 11.3 Å². The lowest BCUT2D eigenvalue weighted by Crippen LogP contribution is -2.37. The van der Waals surface area contributed by atoms with Gasteiger partial charge in [0.05, 0.1) is 4.88 Å². The molecule has 6 nitrogen and oxygen atoms in total. The van der Waals surface area contributed by atoms with Crippen LogP contribution in [0.25, 0.3) is 10.7 Å². The van der Waals surface area contributed by atoms with Crippen molar-refractivity contribution in [1.82, 2.24) is 14.6 Å². The lowest BCUT2D eigenvalue weighted by atomic mass is 10.2. The van der Waals surface area contributed by atoms with Crippen LogP contribution in [0.15, 0.2) is 57.2 Å². The fourth-order valence-corrected chi connectivity index (χ4v) is 3.52. The minimum Gasteiger partial charge on any atom is -0.334 e. The number of aromatic nitrogens is 2. The van der Waals surface area contributed by atoms with Gasteiger partial charge in [0.1, 0.15) is 6.54 Å². The SMILES string of the molecule is O=C(Cn1c(-c2cccs2)noc1=O)N(Cc1ccccc1)C1CC1. The molecule has 128 valence electrons. The molecule has 1 fully saturated rings. The van der Waals surface area contributed by atoms with Gasteiger partial charge in [-0.2, -0.15) is 0 Å². The van der Waals surface area contributed by atoms with E-state index in [1.54, 1.807) is 0 Å². The van der Waals surface area contributed by atoms with Gasteiger partial charge >= 0.3 is 5.76 Å². The van der Waals surface area contributed by atoms with Crippen molar-refractivity contribution in [2.45, 2.75) is 32.0 Å². The summed E-state index contributed by atoms with van der Waals surface area (Å²) in [4.78, 5) is 27.5. The first kappa shape index (κ1) is 15.8. The minimum atomic E-state index is -0.604. The lowest BCUT2D eigenvalue weighted by Gasteiger charge is -2.22. The summed E-state index contributed by atoms with van der Waals surface area (Å²) in [6.45, 7) is 0.498. The molecule has 1 aliphatic rings. The highest BCUT2D eigenvalue weighted by molar-refractivity contribution is 7.13. The van der Waals surface area contributed by atoms with Crippen molar-refractivity contribution in [3.05, 3.63) is 64.0 Å². The topological polar surface area (TPSA) is 68.3 Å². The molecule has 1 aromatic carbocycles. The van der Waals surface area contributed by atoms with Crippen molar-refractivity contribution < 1.29 is 9.32 Å². The Hall–Kier alpha value is -2.67. The third-order valence-corrected chi connectivity index (χ3v) is 5.09. The molecule has 0 radical (unpaired) electrons. The summed E-state index contributed by atoms with van der Waals surface area (Å²) in [6, 6.07) is 13.9. The van der Waals surface area contributed by atoms with E-state index in [0.717, 1.165) is 23.3 Å². The second-order valence-electron chi connectivity index (χ2n) is 6.07. The zero-order valence-electron chi connectivity index (χ0n) is 13.5. The van der Waals surface area contributed by atoms with Crippen molar-refractivity contribution in [2.75, 3.05) is 0 Å². The van der Waals surface area contributed by atoms with Gasteiger partial charge in [-0.3, -0.25) is 9.32 Å². The van der Waals surface area contributed by atoms with Gasteiger partial charge < -0.3 is 4.90 Å². The van der Waals surface area contributed by atoms with Gasteiger partial charge in [0.2, 0.25) is 5.91 Å². The molecule has 3 aromatic rings. The highest BCUT2D eigenvalue weighted by Gasteiger charge is 2.33. The first-order valence-corrected chi connectivity index (χ1v) is 9.04. The minimum absolute atomic E-state index is 0.0566. The molecule has 0 bridgehead atoms. The fraction of sp³-hybridized carbons (Fsp3) is 0.278. The summed E-state index contributed by atoms with van der Waals surface area (Å²) < 4.78 is 6.10. The van der Waals surface area contributed by atoms with Crippen LogP contribution in [-0.4, -0.2) is 26.6 Å².